The van der Waals surface area contributed by atoms with Gasteiger partial charge in [0.15, 0.2) is 11.5 Å². The molecule has 0 saturated carbocycles. The zero-order valence-corrected chi connectivity index (χ0v) is 12.6. The maximum absolute atomic E-state index is 10.0. The van der Waals surface area contributed by atoms with Gasteiger partial charge in [0.2, 0.25) is 5.88 Å². The summed E-state index contributed by atoms with van der Waals surface area (Å²) in [6.07, 6.45) is 0. The number of hydrogen-bond donors (Lipinski definition) is 2. The Morgan fingerprint density at radius 2 is 2.00 bits per heavy atom. The molecule has 21 heavy (non-hydrogen) atoms. The summed E-state index contributed by atoms with van der Waals surface area (Å²) in [7, 11) is 1.63. The van der Waals surface area contributed by atoms with Crippen molar-refractivity contribution >= 4 is 11.5 Å². The van der Waals surface area contributed by atoms with Crippen molar-refractivity contribution in [2.24, 2.45) is 17.3 Å². The molecule has 0 aliphatic carbocycles. The van der Waals surface area contributed by atoms with Gasteiger partial charge in [-0.3, -0.25) is 5.10 Å². The van der Waals surface area contributed by atoms with Crippen molar-refractivity contribution in [1.29, 1.82) is 5.26 Å². The Balaban J connectivity index is 2.49. The third-order valence-electron chi connectivity index (χ3n) is 2.99. The first-order valence-corrected chi connectivity index (χ1v) is 6.39. The molecule has 110 valence electrons. The minimum absolute atomic E-state index is 0.0709. The lowest BCUT2D eigenvalue weighted by atomic mass is 9.91. The van der Waals surface area contributed by atoms with Crippen molar-refractivity contribution in [1.82, 2.24) is 20.0 Å². The molecule has 0 unspecified atom stereocenters. The molecule has 2 rings (SSSR count). The largest absolute Gasteiger partial charge is 0.492 e. The van der Waals surface area contributed by atoms with E-state index >= 15 is 0 Å². The van der Waals surface area contributed by atoms with Crippen LogP contribution in [-0.2, 0) is 12.5 Å². The predicted octanol–water partition coefficient (Wildman–Crippen LogP) is 2.74. The molecule has 0 aliphatic heterocycles. The van der Waals surface area contributed by atoms with Crippen molar-refractivity contribution in [2.45, 2.75) is 33.1 Å². The molecule has 2 N–H and O–H groups in total. The number of aromatic hydroxyl groups is 1. The lowest BCUT2D eigenvalue weighted by molar-refractivity contribution is 0.419. The molecule has 2 aromatic rings. The highest BCUT2D eigenvalue weighted by Gasteiger charge is 2.26. The maximum Gasteiger partial charge on any atom is 0.238 e. The number of rotatable bonds is 2. The predicted molar refractivity (Wildman–Crippen MR) is 75.8 cm³/mol. The minimum Gasteiger partial charge on any atom is -0.492 e. The van der Waals surface area contributed by atoms with Crippen LogP contribution in [0.2, 0.25) is 0 Å². The maximum atomic E-state index is 10.0. The van der Waals surface area contributed by atoms with Crippen molar-refractivity contribution in [3.8, 4) is 11.9 Å². The number of H-pyrrole nitrogens is 1. The molecular weight excluding hydrogens is 270 g/mol. The van der Waals surface area contributed by atoms with Crippen LogP contribution >= 0.6 is 0 Å². The fourth-order valence-corrected chi connectivity index (χ4v) is 1.83. The molecule has 0 radical (unpaired) electrons. The Bertz CT molecular complexity index is 740. The van der Waals surface area contributed by atoms with Crippen molar-refractivity contribution < 1.29 is 5.11 Å². The highest BCUT2D eigenvalue weighted by atomic mass is 16.3. The van der Waals surface area contributed by atoms with E-state index in [9.17, 15) is 5.11 Å². The van der Waals surface area contributed by atoms with Gasteiger partial charge in [0.05, 0.1) is 11.4 Å². The van der Waals surface area contributed by atoms with E-state index in [0.717, 1.165) is 0 Å². The Morgan fingerprint density at radius 3 is 2.57 bits per heavy atom. The van der Waals surface area contributed by atoms with Crippen LogP contribution in [0.15, 0.2) is 10.2 Å². The molecule has 2 heterocycles. The lowest BCUT2D eigenvalue weighted by Crippen LogP contribution is -2.12. The van der Waals surface area contributed by atoms with E-state index in [-0.39, 0.29) is 17.1 Å². The van der Waals surface area contributed by atoms with Crippen LogP contribution in [0, 0.1) is 18.3 Å². The summed E-state index contributed by atoms with van der Waals surface area (Å²) in [5.74, 6) is 0.191. The fourth-order valence-electron chi connectivity index (χ4n) is 1.83. The minimum atomic E-state index is -0.297. The average molecular weight is 287 g/mol. The van der Waals surface area contributed by atoms with Gasteiger partial charge < -0.3 is 5.11 Å². The second-order valence-corrected chi connectivity index (χ2v) is 5.74. The zero-order valence-electron chi connectivity index (χ0n) is 12.6. The van der Waals surface area contributed by atoms with Crippen LogP contribution < -0.4 is 0 Å². The van der Waals surface area contributed by atoms with Crippen LogP contribution in [0.3, 0.4) is 0 Å². The summed E-state index contributed by atoms with van der Waals surface area (Å²) in [5.41, 5.74) is 1.51. The van der Waals surface area contributed by atoms with Gasteiger partial charge in [-0.1, -0.05) is 20.8 Å². The van der Waals surface area contributed by atoms with Crippen LogP contribution in [-0.4, -0.2) is 25.1 Å². The fraction of sp³-hybridized carbons (Fsp3) is 0.462. The molecule has 8 heteroatoms. The summed E-state index contributed by atoms with van der Waals surface area (Å²) >= 11 is 0. The number of azo groups is 1. The summed E-state index contributed by atoms with van der Waals surface area (Å²) in [5, 5.41) is 38.0. The second kappa shape index (κ2) is 5.01. The molecule has 0 spiro atoms. The number of hydrogen-bond acceptors (Lipinski definition) is 6. The third kappa shape index (κ3) is 2.63. The number of nitrogens with zero attached hydrogens (tertiary/aromatic N) is 6. The van der Waals surface area contributed by atoms with E-state index in [4.69, 9.17) is 5.26 Å². The molecule has 0 aliphatic rings. The van der Waals surface area contributed by atoms with Gasteiger partial charge >= 0.3 is 0 Å². The molecule has 0 amide bonds. The number of aromatic nitrogens is 4. The van der Waals surface area contributed by atoms with E-state index in [1.54, 1.807) is 14.0 Å². The van der Waals surface area contributed by atoms with Crippen LogP contribution in [0.25, 0.3) is 0 Å². The van der Waals surface area contributed by atoms with Gasteiger partial charge in [0.1, 0.15) is 11.6 Å². The molecular formula is C13H17N7O. The SMILES string of the molecule is Cc1n[nH]c(/N=N/c2c(C(C)(C)C)nn(C)c2O)c1C#N. The van der Waals surface area contributed by atoms with E-state index in [1.807, 2.05) is 26.8 Å². The van der Waals surface area contributed by atoms with Crippen molar-refractivity contribution in [3.63, 3.8) is 0 Å². The van der Waals surface area contributed by atoms with Gasteiger partial charge in [-0.25, -0.2) is 4.68 Å². The standard InChI is InChI=1S/C13H17N7O/c1-7-8(6-14)11(17-15-7)18-16-9-10(13(2,3)4)19-20(5)12(9)21/h21H,1-5H3,(H,15,17)/b18-16+. The smallest absolute Gasteiger partial charge is 0.238 e. The highest BCUT2D eigenvalue weighted by molar-refractivity contribution is 5.55. The Kier molecular flexibility index (Phi) is 3.51. The van der Waals surface area contributed by atoms with E-state index in [1.165, 1.54) is 4.68 Å². The molecule has 0 atom stereocenters. The van der Waals surface area contributed by atoms with Gasteiger partial charge in [0.25, 0.3) is 0 Å². The summed E-state index contributed by atoms with van der Waals surface area (Å²) < 4.78 is 1.35. The van der Waals surface area contributed by atoms with Crippen LogP contribution in [0.1, 0.15) is 37.7 Å². The summed E-state index contributed by atoms with van der Waals surface area (Å²) in [6, 6.07) is 2.01. The monoisotopic (exact) mass is 287 g/mol. The summed E-state index contributed by atoms with van der Waals surface area (Å²) in [6.45, 7) is 7.61. The summed E-state index contributed by atoms with van der Waals surface area (Å²) in [4.78, 5) is 0. The Hall–Kier alpha value is -2.69. The molecule has 2 aromatic heterocycles. The van der Waals surface area contributed by atoms with Crippen LogP contribution in [0.5, 0.6) is 5.88 Å². The highest BCUT2D eigenvalue weighted by Crippen LogP contribution is 2.38. The number of nitriles is 1. The first kappa shape index (κ1) is 14.7. The lowest BCUT2D eigenvalue weighted by Gasteiger charge is -2.14. The van der Waals surface area contributed by atoms with E-state index in [2.05, 4.69) is 25.5 Å². The van der Waals surface area contributed by atoms with Crippen molar-refractivity contribution in [3.05, 3.63) is 17.0 Å². The normalized spacial score (nSPS) is 12.0. The van der Waals surface area contributed by atoms with E-state index in [0.29, 0.717) is 22.6 Å². The molecule has 0 saturated heterocycles. The third-order valence-corrected chi connectivity index (χ3v) is 2.99. The van der Waals surface area contributed by atoms with Gasteiger partial charge in [-0.15, -0.1) is 10.2 Å². The van der Waals surface area contributed by atoms with Gasteiger partial charge in [-0.05, 0) is 6.92 Å². The topological polar surface area (TPSA) is 115 Å². The number of aromatic amines is 1. The molecule has 0 bridgehead atoms. The molecule has 0 fully saturated rings. The van der Waals surface area contributed by atoms with Gasteiger partial charge in [0, 0.05) is 12.5 Å². The van der Waals surface area contributed by atoms with Crippen LogP contribution in [0.4, 0.5) is 11.5 Å². The second-order valence-electron chi connectivity index (χ2n) is 5.74. The first-order chi connectivity index (χ1) is 9.75. The van der Waals surface area contributed by atoms with Gasteiger partial charge in [-0.2, -0.15) is 15.5 Å². The first-order valence-electron chi connectivity index (χ1n) is 6.39. The molecule has 0 aromatic carbocycles. The number of nitrogens with one attached hydrogen (secondary N) is 1. The number of aryl methyl sites for hydroxylation is 2. The Morgan fingerprint density at radius 1 is 1.33 bits per heavy atom. The quantitative estimate of drug-likeness (QED) is 0.826. The zero-order chi connectivity index (χ0) is 15.8. The van der Waals surface area contributed by atoms with Crippen molar-refractivity contribution in [2.75, 3.05) is 0 Å². The Labute approximate surface area is 122 Å². The molecule has 8 nitrogen and oxygen atoms in total. The average Bonchev–Trinajstić information content (AvgIpc) is 2.89. The van der Waals surface area contributed by atoms with E-state index < -0.39 is 0 Å².